The number of benzene rings is 1. The summed E-state index contributed by atoms with van der Waals surface area (Å²) in [6.07, 6.45) is 1.99. The largest absolute Gasteiger partial charge is 0.322 e. The standard InChI is InChI=1S/C17H18Cl2N2OS/c1-2-14-11-7-9-23-15(11)6-8-21(14)10-16(22)20-17-12(18)4-3-5-13(17)19/h3-5,7,9,14H,2,6,8,10H2,1H3,(H,20,22). The highest BCUT2D eigenvalue weighted by Gasteiger charge is 2.28. The third-order valence-electron chi connectivity index (χ3n) is 4.17. The molecule has 3 nitrogen and oxygen atoms in total. The molecular formula is C17H18Cl2N2OS. The van der Waals surface area contributed by atoms with Crippen molar-refractivity contribution in [1.29, 1.82) is 0 Å². The topological polar surface area (TPSA) is 32.3 Å². The Morgan fingerprint density at radius 1 is 1.35 bits per heavy atom. The van der Waals surface area contributed by atoms with Gasteiger partial charge in [-0.3, -0.25) is 9.69 Å². The molecule has 0 aliphatic carbocycles. The summed E-state index contributed by atoms with van der Waals surface area (Å²) in [5.41, 5.74) is 1.86. The van der Waals surface area contributed by atoms with Gasteiger partial charge in [0.15, 0.2) is 0 Å². The third kappa shape index (κ3) is 3.56. The summed E-state index contributed by atoms with van der Waals surface area (Å²) < 4.78 is 0. The van der Waals surface area contributed by atoms with Crippen molar-refractivity contribution in [2.75, 3.05) is 18.4 Å². The number of nitrogens with zero attached hydrogens (tertiary/aromatic N) is 1. The molecule has 1 aromatic carbocycles. The fourth-order valence-corrected chi connectivity index (χ4v) is 4.52. The number of thiophene rings is 1. The van der Waals surface area contributed by atoms with Gasteiger partial charge in [-0.1, -0.05) is 36.2 Å². The Hall–Kier alpha value is -1.07. The van der Waals surface area contributed by atoms with Crippen molar-refractivity contribution in [1.82, 2.24) is 4.90 Å². The van der Waals surface area contributed by atoms with Gasteiger partial charge < -0.3 is 5.32 Å². The molecule has 2 heterocycles. The summed E-state index contributed by atoms with van der Waals surface area (Å²) in [7, 11) is 0. The maximum atomic E-state index is 12.4. The maximum absolute atomic E-state index is 12.4. The Labute approximate surface area is 150 Å². The Balaban J connectivity index is 1.71. The van der Waals surface area contributed by atoms with Crippen molar-refractivity contribution in [3.05, 3.63) is 50.1 Å². The van der Waals surface area contributed by atoms with Gasteiger partial charge in [-0.15, -0.1) is 11.3 Å². The predicted octanol–water partition coefficient (Wildman–Crippen LogP) is 5.00. The van der Waals surface area contributed by atoms with Gasteiger partial charge in [-0.2, -0.15) is 0 Å². The molecule has 0 bridgehead atoms. The molecule has 1 aliphatic heterocycles. The van der Waals surface area contributed by atoms with Gasteiger partial charge in [0.1, 0.15) is 0 Å². The average Bonchev–Trinajstić information content (AvgIpc) is 2.99. The second-order valence-electron chi connectivity index (χ2n) is 5.59. The number of para-hydroxylation sites is 1. The molecule has 1 atom stereocenters. The number of amides is 1. The zero-order chi connectivity index (χ0) is 16.4. The first kappa shape index (κ1) is 16.8. The maximum Gasteiger partial charge on any atom is 0.238 e. The minimum absolute atomic E-state index is 0.0860. The molecule has 122 valence electrons. The van der Waals surface area contributed by atoms with Crippen LogP contribution >= 0.6 is 34.5 Å². The van der Waals surface area contributed by atoms with Crippen LogP contribution < -0.4 is 5.32 Å². The summed E-state index contributed by atoms with van der Waals surface area (Å²) in [6.45, 7) is 3.40. The smallest absolute Gasteiger partial charge is 0.238 e. The van der Waals surface area contributed by atoms with Crippen LogP contribution in [0.4, 0.5) is 5.69 Å². The summed E-state index contributed by atoms with van der Waals surface area (Å²) in [5.74, 6) is -0.0860. The molecule has 2 aromatic rings. The monoisotopic (exact) mass is 368 g/mol. The van der Waals surface area contributed by atoms with E-state index in [0.29, 0.717) is 28.3 Å². The Bertz CT molecular complexity index is 696. The number of fused-ring (bicyclic) bond motifs is 1. The van der Waals surface area contributed by atoms with E-state index < -0.39 is 0 Å². The predicted molar refractivity (Wildman–Crippen MR) is 97.7 cm³/mol. The highest BCUT2D eigenvalue weighted by Crippen LogP contribution is 2.35. The number of hydrogen-bond donors (Lipinski definition) is 1. The number of rotatable bonds is 4. The SMILES string of the molecule is CCC1c2ccsc2CCN1CC(=O)Nc1c(Cl)cccc1Cl. The van der Waals surface area contributed by atoms with Crippen LogP contribution in [0.1, 0.15) is 29.8 Å². The van der Waals surface area contributed by atoms with E-state index in [1.165, 1.54) is 10.4 Å². The molecule has 1 aromatic heterocycles. The van der Waals surface area contributed by atoms with Crippen molar-refractivity contribution in [2.45, 2.75) is 25.8 Å². The molecule has 1 aliphatic rings. The molecule has 0 spiro atoms. The Morgan fingerprint density at radius 3 is 2.78 bits per heavy atom. The number of halogens is 2. The number of nitrogens with one attached hydrogen (secondary N) is 1. The van der Waals surface area contributed by atoms with Gasteiger partial charge in [0, 0.05) is 17.5 Å². The average molecular weight is 369 g/mol. The van der Waals surface area contributed by atoms with Crippen LogP contribution in [-0.4, -0.2) is 23.9 Å². The lowest BCUT2D eigenvalue weighted by molar-refractivity contribution is -0.118. The van der Waals surface area contributed by atoms with Gasteiger partial charge in [0.05, 0.1) is 22.3 Å². The fourth-order valence-electron chi connectivity index (χ4n) is 3.10. The van der Waals surface area contributed by atoms with E-state index in [0.717, 1.165) is 19.4 Å². The second-order valence-corrected chi connectivity index (χ2v) is 7.40. The third-order valence-corrected chi connectivity index (χ3v) is 5.79. The minimum atomic E-state index is -0.0860. The second kappa shape index (κ2) is 7.22. The molecular weight excluding hydrogens is 351 g/mol. The van der Waals surface area contributed by atoms with E-state index in [1.54, 1.807) is 18.2 Å². The highest BCUT2D eigenvalue weighted by atomic mass is 35.5. The fraction of sp³-hybridized carbons (Fsp3) is 0.353. The van der Waals surface area contributed by atoms with Crippen LogP contribution in [-0.2, 0) is 11.2 Å². The number of anilines is 1. The van der Waals surface area contributed by atoms with Gasteiger partial charge in [0.2, 0.25) is 5.91 Å². The van der Waals surface area contributed by atoms with Crippen LogP contribution in [0.3, 0.4) is 0 Å². The lowest BCUT2D eigenvalue weighted by Gasteiger charge is -2.34. The molecule has 0 radical (unpaired) electrons. The molecule has 3 rings (SSSR count). The number of carbonyl (C=O) groups excluding carboxylic acids is 1. The zero-order valence-corrected chi connectivity index (χ0v) is 15.1. The molecule has 23 heavy (non-hydrogen) atoms. The lowest BCUT2D eigenvalue weighted by atomic mass is 9.98. The van der Waals surface area contributed by atoms with Gasteiger partial charge in [0.25, 0.3) is 0 Å². The van der Waals surface area contributed by atoms with Crippen LogP contribution in [0.2, 0.25) is 10.0 Å². The molecule has 0 saturated carbocycles. The van der Waals surface area contributed by atoms with Crippen LogP contribution in [0.15, 0.2) is 29.6 Å². The molecule has 0 fully saturated rings. The first-order valence-corrected chi connectivity index (χ1v) is 9.28. The number of hydrogen-bond acceptors (Lipinski definition) is 3. The first-order valence-electron chi connectivity index (χ1n) is 7.64. The van der Waals surface area contributed by atoms with Crippen LogP contribution in [0.25, 0.3) is 0 Å². The Morgan fingerprint density at radius 2 is 2.09 bits per heavy atom. The molecule has 6 heteroatoms. The van der Waals surface area contributed by atoms with E-state index in [1.807, 2.05) is 11.3 Å². The summed E-state index contributed by atoms with van der Waals surface area (Å²) >= 11 is 14.0. The van der Waals surface area contributed by atoms with E-state index in [2.05, 4.69) is 28.6 Å². The minimum Gasteiger partial charge on any atom is -0.322 e. The van der Waals surface area contributed by atoms with E-state index in [4.69, 9.17) is 23.2 Å². The number of carbonyl (C=O) groups is 1. The van der Waals surface area contributed by atoms with E-state index in [-0.39, 0.29) is 5.91 Å². The first-order chi connectivity index (χ1) is 11.1. The van der Waals surface area contributed by atoms with Crippen LogP contribution in [0, 0.1) is 0 Å². The Kier molecular flexibility index (Phi) is 5.27. The lowest BCUT2D eigenvalue weighted by Crippen LogP contribution is -2.40. The molecule has 1 amide bonds. The van der Waals surface area contributed by atoms with E-state index >= 15 is 0 Å². The molecule has 0 saturated heterocycles. The summed E-state index contributed by atoms with van der Waals surface area (Å²) in [4.78, 5) is 16.1. The molecule has 1 N–H and O–H groups in total. The van der Waals surface area contributed by atoms with E-state index in [9.17, 15) is 4.79 Å². The van der Waals surface area contributed by atoms with Crippen LogP contribution in [0.5, 0.6) is 0 Å². The van der Waals surface area contributed by atoms with Crippen molar-refractivity contribution < 1.29 is 4.79 Å². The normalized spacial score (nSPS) is 17.8. The van der Waals surface area contributed by atoms with Gasteiger partial charge in [-0.25, -0.2) is 0 Å². The zero-order valence-electron chi connectivity index (χ0n) is 12.8. The van der Waals surface area contributed by atoms with Crippen molar-refractivity contribution in [2.24, 2.45) is 0 Å². The quantitative estimate of drug-likeness (QED) is 0.822. The van der Waals surface area contributed by atoms with Crippen molar-refractivity contribution in [3.8, 4) is 0 Å². The molecule has 1 unspecified atom stereocenters. The van der Waals surface area contributed by atoms with Crippen molar-refractivity contribution in [3.63, 3.8) is 0 Å². The highest BCUT2D eigenvalue weighted by molar-refractivity contribution is 7.10. The van der Waals surface area contributed by atoms with Gasteiger partial charge >= 0.3 is 0 Å². The van der Waals surface area contributed by atoms with Crippen molar-refractivity contribution >= 4 is 46.1 Å². The summed E-state index contributed by atoms with van der Waals surface area (Å²) in [5, 5.41) is 5.90. The summed E-state index contributed by atoms with van der Waals surface area (Å²) in [6, 6.07) is 7.68. The van der Waals surface area contributed by atoms with Gasteiger partial charge in [-0.05, 0) is 42.0 Å².